The van der Waals surface area contributed by atoms with Gasteiger partial charge in [0.2, 0.25) is 10.0 Å². The molecule has 1 N–H and O–H groups in total. The number of aryl methyl sites for hydroxylation is 3. The minimum absolute atomic E-state index is 0.533. The average molecular weight is 380 g/mol. The van der Waals surface area contributed by atoms with E-state index in [0.717, 1.165) is 47.3 Å². The van der Waals surface area contributed by atoms with Gasteiger partial charge in [0.15, 0.2) is 5.89 Å². The van der Waals surface area contributed by atoms with Crippen molar-refractivity contribution in [2.75, 3.05) is 11.0 Å². The molecule has 3 aromatic rings. The van der Waals surface area contributed by atoms with Crippen molar-refractivity contribution in [3.05, 3.63) is 82.6 Å². The number of nitrogens with one attached hydrogen (secondary N) is 1. The second-order valence-corrected chi connectivity index (χ2v) is 8.47. The number of sulfonamides is 1. The lowest BCUT2D eigenvalue weighted by molar-refractivity contribution is 0.474. The Kier molecular flexibility index (Phi) is 4.36. The molecular weight excluding hydrogens is 360 g/mol. The number of oxazole rings is 1. The zero-order chi connectivity index (χ0) is 19.0. The summed E-state index contributed by atoms with van der Waals surface area (Å²) >= 11 is 0. The van der Waals surface area contributed by atoms with Crippen molar-refractivity contribution in [1.29, 1.82) is 0 Å². The van der Waals surface area contributed by atoms with Gasteiger partial charge < -0.3 is 4.42 Å². The van der Waals surface area contributed by atoms with Crippen LogP contribution < -0.4 is 4.72 Å². The van der Waals surface area contributed by atoms with E-state index in [1.54, 1.807) is 6.07 Å². The molecule has 1 aliphatic rings. The third-order valence-electron chi connectivity index (χ3n) is 4.49. The number of rotatable bonds is 3. The monoisotopic (exact) mass is 380 g/mol. The van der Waals surface area contributed by atoms with Crippen molar-refractivity contribution >= 4 is 27.4 Å². The molecule has 138 valence electrons. The Hall–Kier alpha value is -2.86. The number of aromatic nitrogens is 1. The molecule has 0 fully saturated rings. The van der Waals surface area contributed by atoms with Crippen LogP contribution in [0.5, 0.6) is 0 Å². The molecule has 0 spiro atoms. The van der Waals surface area contributed by atoms with Crippen LogP contribution in [0.15, 0.2) is 52.9 Å². The Bertz CT molecular complexity index is 1140. The van der Waals surface area contributed by atoms with E-state index in [1.165, 1.54) is 5.56 Å². The summed E-state index contributed by atoms with van der Waals surface area (Å²) in [4.78, 5) is 4.62. The molecule has 5 nitrogen and oxygen atoms in total. The molecule has 6 heteroatoms. The number of anilines is 1. The van der Waals surface area contributed by atoms with Gasteiger partial charge in [-0.1, -0.05) is 36.4 Å². The molecule has 27 heavy (non-hydrogen) atoms. The fourth-order valence-corrected chi connectivity index (χ4v) is 4.00. The van der Waals surface area contributed by atoms with Crippen molar-refractivity contribution in [3.8, 4) is 0 Å². The highest BCUT2D eigenvalue weighted by Gasteiger charge is 2.22. The van der Waals surface area contributed by atoms with Crippen molar-refractivity contribution in [3.63, 3.8) is 0 Å². The molecule has 0 atom stereocenters. The predicted molar refractivity (Wildman–Crippen MR) is 107 cm³/mol. The Morgan fingerprint density at radius 2 is 1.93 bits per heavy atom. The molecular formula is C21H20N2O3S. The molecule has 0 bridgehead atoms. The summed E-state index contributed by atoms with van der Waals surface area (Å²) < 4.78 is 31.4. The standard InChI is InChI=1S/C21H20N2O3S/c1-14-22-21-19(13-15-6-5-8-17(12-15)23-27(2,24)25)18-9-4-3-7-16(18)10-11-20(21)26-14/h3-9,12-13,23H,10-11H2,1-2H3/b19-13-. The van der Waals surface area contributed by atoms with E-state index in [0.29, 0.717) is 11.6 Å². The Balaban J connectivity index is 1.86. The third kappa shape index (κ3) is 3.80. The highest BCUT2D eigenvalue weighted by atomic mass is 32.2. The lowest BCUT2D eigenvalue weighted by atomic mass is 9.96. The fraction of sp³-hybridized carbons (Fsp3) is 0.190. The van der Waals surface area contributed by atoms with Crippen LogP contribution in [0.2, 0.25) is 0 Å². The van der Waals surface area contributed by atoms with Crippen molar-refractivity contribution in [1.82, 2.24) is 4.98 Å². The summed E-state index contributed by atoms with van der Waals surface area (Å²) in [5.74, 6) is 1.54. The van der Waals surface area contributed by atoms with Crippen LogP contribution in [0.25, 0.3) is 11.6 Å². The first-order chi connectivity index (χ1) is 12.9. The van der Waals surface area contributed by atoms with Gasteiger partial charge in [0.25, 0.3) is 0 Å². The Morgan fingerprint density at radius 1 is 1.11 bits per heavy atom. The highest BCUT2D eigenvalue weighted by molar-refractivity contribution is 7.92. The van der Waals surface area contributed by atoms with Crippen molar-refractivity contribution in [2.45, 2.75) is 19.8 Å². The van der Waals surface area contributed by atoms with Gasteiger partial charge in [0.1, 0.15) is 11.5 Å². The van der Waals surface area contributed by atoms with Gasteiger partial charge in [0, 0.05) is 24.6 Å². The number of hydrogen-bond donors (Lipinski definition) is 1. The summed E-state index contributed by atoms with van der Waals surface area (Å²) in [7, 11) is -3.32. The van der Waals surface area contributed by atoms with Gasteiger partial charge in [-0.15, -0.1) is 0 Å². The van der Waals surface area contributed by atoms with Gasteiger partial charge in [-0.2, -0.15) is 0 Å². The van der Waals surface area contributed by atoms with Crippen LogP contribution in [0, 0.1) is 6.92 Å². The molecule has 0 amide bonds. The number of benzene rings is 2. The number of fused-ring (bicyclic) bond motifs is 2. The molecule has 1 aliphatic carbocycles. The Morgan fingerprint density at radius 3 is 2.74 bits per heavy atom. The molecule has 0 saturated carbocycles. The maximum Gasteiger partial charge on any atom is 0.229 e. The molecule has 0 saturated heterocycles. The minimum atomic E-state index is -3.32. The topological polar surface area (TPSA) is 72.2 Å². The summed E-state index contributed by atoms with van der Waals surface area (Å²) in [5.41, 5.74) is 5.66. The van der Waals surface area contributed by atoms with E-state index >= 15 is 0 Å². The normalized spacial score (nSPS) is 15.1. The van der Waals surface area contributed by atoms with Gasteiger partial charge in [-0.05, 0) is 41.3 Å². The van der Waals surface area contributed by atoms with E-state index in [2.05, 4.69) is 21.8 Å². The number of hydrogen-bond acceptors (Lipinski definition) is 4. The van der Waals surface area contributed by atoms with E-state index in [-0.39, 0.29) is 0 Å². The summed E-state index contributed by atoms with van der Waals surface area (Å²) in [5, 5.41) is 0. The first-order valence-corrected chi connectivity index (χ1v) is 10.6. The first-order valence-electron chi connectivity index (χ1n) is 8.73. The maximum atomic E-state index is 11.5. The van der Waals surface area contributed by atoms with Crippen molar-refractivity contribution in [2.24, 2.45) is 0 Å². The van der Waals surface area contributed by atoms with E-state index < -0.39 is 10.0 Å². The highest BCUT2D eigenvalue weighted by Crippen LogP contribution is 2.35. The quantitative estimate of drug-likeness (QED) is 0.744. The predicted octanol–water partition coefficient (Wildman–Crippen LogP) is 4.04. The van der Waals surface area contributed by atoms with E-state index in [1.807, 2.05) is 43.3 Å². The fourth-order valence-electron chi connectivity index (χ4n) is 3.44. The smallest absolute Gasteiger partial charge is 0.229 e. The summed E-state index contributed by atoms with van der Waals surface area (Å²) in [6, 6.07) is 15.6. The Labute approximate surface area is 158 Å². The zero-order valence-corrected chi connectivity index (χ0v) is 16.0. The second-order valence-electron chi connectivity index (χ2n) is 6.72. The largest absolute Gasteiger partial charge is 0.445 e. The molecule has 1 aromatic heterocycles. The van der Waals surface area contributed by atoms with Crippen LogP contribution in [-0.4, -0.2) is 19.7 Å². The second kappa shape index (κ2) is 6.70. The number of nitrogens with zero attached hydrogens (tertiary/aromatic N) is 1. The lowest BCUT2D eigenvalue weighted by Crippen LogP contribution is -2.09. The third-order valence-corrected chi connectivity index (χ3v) is 5.10. The average Bonchev–Trinajstić information content (AvgIpc) is 2.91. The van der Waals surface area contributed by atoms with E-state index in [4.69, 9.17) is 4.42 Å². The summed E-state index contributed by atoms with van der Waals surface area (Å²) in [6.07, 6.45) is 4.88. The molecule has 4 rings (SSSR count). The van der Waals surface area contributed by atoms with Crippen LogP contribution >= 0.6 is 0 Å². The molecule has 0 radical (unpaired) electrons. The van der Waals surface area contributed by atoms with E-state index in [9.17, 15) is 8.42 Å². The van der Waals surface area contributed by atoms with Gasteiger partial charge in [-0.3, -0.25) is 4.72 Å². The molecule has 2 aromatic carbocycles. The van der Waals surface area contributed by atoms with Gasteiger partial charge in [-0.25, -0.2) is 13.4 Å². The van der Waals surface area contributed by atoms with Crippen LogP contribution in [0.4, 0.5) is 5.69 Å². The molecule has 0 aliphatic heterocycles. The zero-order valence-electron chi connectivity index (χ0n) is 15.2. The van der Waals surface area contributed by atoms with Gasteiger partial charge in [0.05, 0.1) is 6.26 Å². The van der Waals surface area contributed by atoms with Crippen LogP contribution in [0.3, 0.4) is 0 Å². The maximum absolute atomic E-state index is 11.5. The van der Waals surface area contributed by atoms with Crippen LogP contribution in [0.1, 0.15) is 34.0 Å². The lowest BCUT2D eigenvalue weighted by Gasteiger charge is -2.10. The van der Waals surface area contributed by atoms with Gasteiger partial charge >= 0.3 is 0 Å². The summed E-state index contributed by atoms with van der Waals surface area (Å²) in [6.45, 7) is 1.86. The minimum Gasteiger partial charge on any atom is -0.445 e. The molecule has 1 heterocycles. The van der Waals surface area contributed by atoms with Crippen LogP contribution in [-0.2, 0) is 22.9 Å². The SMILES string of the molecule is Cc1nc2c(o1)CCc1ccccc1/C2=C/c1cccc(NS(C)(=O)=O)c1. The first kappa shape index (κ1) is 17.5. The van der Waals surface area contributed by atoms with Crippen molar-refractivity contribution < 1.29 is 12.8 Å². The molecule has 0 unspecified atom stereocenters.